The maximum absolute atomic E-state index is 12.3. The Morgan fingerprint density at radius 1 is 0.833 bits per heavy atom. The van der Waals surface area contributed by atoms with Gasteiger partial charge in [0.25, 0.3) is 11.8 Å². The van der Waals surface area contributed by atoms with Gasteiger partial charge in [-0.2, -0.15) is 0 Å². The molecule has 36 heavy (non-hydrogen) atoms. The van der Waals surface area contributed by atoms with E-state index in [0.717, 1.165) is 4.90 Å². The predicted molar refractivity (Wildman–Crippen MR) is 125 cm³/mol. The standard InChI is InChI=1S/C22H34N6O8/c1-13(20(33)24-12-36-11-16(23)29)26-22(35)15(3)27-21(34)14(2)25-17(30)7-5-4-6-10-28-18(31)8-9-19(28)32/h8-9,13-15H,4-7,10-12H2,1-3H3,(H2,23,29)(H,24,33)(H,25,30)(H,26,35)(H,27,34)/t13-,14-,15-/m0/s1. The number of nitrogens with one attached hydrogen (secondary N) is 4. The van der Waals surface area contributed by atoms with Crippen molar-refractivity contribution in [3.8, 4) is 0 Å². The molecule has 3 atom stereocenters. The maximum Gasteiger partial charge on any atom is 0.253 e. The summed E-state index contributed by atoms with van der Waals surface area (Å²) in [6, 6.07) is -2.82. The van der Waals surface area contributed by atoms with Gasteiger partial charge in [-0.25, -0.2) is 0 Å². The molecule has 1 aliphatic heterocycles. The predicted octanol–water partition coefficient (Wildman–Crippen LogP) is -2.44. The Morgan fingerprint density at radius 3 is 1.92 bits per heavy atom. The summed E-state index contributed by atoms with van der Waals surface area (Å²) in [6.45, 7) is 3.98. The highest BCUT2D eigenvalue weighted by molar-refractivity contribution is 6.12. The molecule has 1 heterocycles. The minimum absolute atomic E-state index is 0.156. The number of carbonyl (C=O) groups excluding carboxylic acids is 7. The van der Waals surface area contributed by atoms with E-state index in [0.29, 0.717) is 19.3 Å². The largest absolute Gasteiger partial charge is 0.368 e. The number of primary amides is 1. The highest BCUT2D eigenvalue weighted by Gasteiger charge is 2.24. The summed E-state index contributed by atoms with van der Waals surface area (Å²) >= 11 is 0. The second kappa shape index (κ2) is 15.2. The Morgan fingerprint density at radius 2 is 1.36 bits per heavy atom. The second-order valence-corrected chi connectivity index (χ2v) is 8.22. The summed E-state index contributed by atoms with van der Waals surface area (Å²) in [5.74, 6) is -3.50. The normalized spacial score (nSPS) is 15.1. The maximum atomic E-state index is 12.3. The molecule has 0 bridgehead atoms. The van der Waals surface area contributed by atoms with Crippen LogP contribution in [-0.2, 0) is 38.3 Å². The van der Waals surface area contributed by atoms with E-state index < -0.39 is 41.8 Å². The summed E-state index contributed by atoms with van der Waals surface area (Å²) in [5, 5.41) is 9.79. The van der Waals surface area contributed by atoms with Gasteiger partial charge in [0.15, 0.2) is 0 Å². The number of rotatable bonds is 16. The molecule has 1 rings (SSSR count). The average Bonchev–Trinajstić information content (AvgIpc) is 3.13. The van der Waals surface area contributed by atoms with Crippen LogP contribution >= 0.6 is 0 Å². The van der Waals surface area contributed by atoms with E-state index in [4.69, 9.17) is 10.5 Å². The average molecular weight is 511 g/mol. The second-order valence-electron chi connectivity index (χ2n) is 8.22. The van der Waals surface area contributed by atoms with Gasteiger partial charge in [0.1, 0.15) is 31.5 Å². The lowest BCUT2D eigenvalue weighted by Gasteiger charge is -2.20. The number of hydrogen-bond acceptors (Lipinski definition) is 8. The van der Waals surface area contributed by atoms with Gasteiger partial charge in [0.2, 0.25) is 29.5 Å². The molecule has 0 aliphatic carbocycles. The number of imide groups is 1. The minimum atomic E-state index is -0.983. The highest BCUT2D eigenvalue weighted by Crippen LogP contribution is 2.07. The molecule has 0 spiro atoms. The van der Waals surface area contributed by atoms with Crippen LogP contribution in [0.25, 0.3) is 0 Å². The van der Waals surface area contributed by atoms with Crippen LogP contribution in [0.5, 0.6) is 0 Å². The van der Waals surface area contributed by atoms with Crippen LogP contribution in [-0.4, -0.2) is 84.3 Å². The first-order valence-electron chi connectivity index (χ1n) is 11.5. The van der Waals surface area contributed by atoms with Crippen LogP contribution in [0.1, 0.15) is 46.5 Å². The van der Waals surface area contributed by atoms with E-state index >= 15 is 0 Å². The first-order valence-corrected chi connectivity index (χ1v) is 11.5. The van der Waals surface area contributed by atoms with Crippen molar-refractivity contribution in [2.24, 2.45) is 5.73 Å². The number of unbranched alkanes of at least 4 members (excludes halogenated alkanes) is 2. The topological polar surface area (TPSA) is 206 Å². The quantitative estimate of drug-likeness (QED) is 0.0854. The Labute approximate surface area is 208 Å². The molecule has 0 fully saturated rings. The van der Waals surface area contributed by atoms with Crippen molar-refractivity contribution in [2.45, 2.75) is 64.6 Å². The molecule has 0 saturated carbocycles. The summed E-state index contributed by atoms with van der Waals surface area (Å²) in [7, 11) is 0. The van der Waals surface area contributed by atoms with Crippen molar-refractivity contribution in [3.63, 3.8) is 0 Å². The summed E-state index contributed by atoms with van der Waals surface area (Å²) in [5.41, 5.74) is 4.90. The molecule has 0 aromatic heterocycles. The molecule has 200 valence electrons. The zero-order valence-electron chi connectivity index (χ0n) is 20.6. The van der Waals surface area contributed by atoms with Crippen molar-refractivity contribution in [2.75, 3.05) is 19.9 Å². The van der Waals surface area contributed by atoms with Crippen LogP contribution in [0, 0.1) is 0 Å². The van der Waals surface area contributed by atoms with E-state index in [2.05, 4.69) is 21.3 Å². The SMILES string of the molecule is C[C@H](NC(=O)CCCCCN1C(=O)C=CC1=O)C(=O)N[C@@H](C)C(=O)N[C@@H](C)C(=O)NCOCC(N)=O. The van der Waals surface area contributed by atoms with Gasteiger partial charge in [-0.3, -0.25) is 38.5 Å². The minimum Gasteiger partial charge on any atom is -0.368 e. The molecular formula is C22H34N6O8. The monoisotopic (exact) mass is 510 g/mol. The van der Waals surface area contributed by atoms with Crippen LogP contribution < -0.4 is 27.0 Å². The van der Waals surface area contributed by atoms with Crippen LogP contribution in [0.4, 0.5) is 0 Å². The first kappa shape index (κ1) is 30.2. The molecule has 14 nitrogen and oxygen atoms in total. The van der Waals surface area contributed by atoms with Gasteiger partial charge in [-0.1, -0.05) is 6.42 Å². The number of hydrogen-bond donors (Lipinski definition) is 5. The van der Waals surface area contributed by atoms with Gasteiger partial charge in [0, 0.05) is 25.1 Å². The van der Waals surface area contributed by atoms with Crippen molar-refractivity contribution < 1.29 is 38.3 Å². The Hall–Kier alpha value is -3.81. The molecule has 0 aromatic carbocycles. The highest BCUT2D eigenvalue weighted by atomic mass is 16.5. The van der Waals surface area contributed by atoms with Gasteiger partial charge >= 0.3 is 0 Å². The van der Waals surface area contributed by atoms with Crippen molar-refractivity contribution in [3.05, 3.63) is 12.2 Å². The molecule has 0 radical (unpaired) electrons. The number of nitrogens with two attached hydrogens (primary N) is 1. The number of ether oxygens (including phenoxy) is 1. The third-order valence-corrected chi connectivity index (χ3v) is 5.05. The van der Waals surface area contributed by atoms with E-state index in [1.54, 1.807) is 0 Å². The molecule has 6 N–H and O–H groups in total. The zero-order valence-corrected chi connectivity index (χ0v) is 20.6. The fourth-order valence-corrected chi connectivity index (χ4v) is 3.00. The molecule has 0 unspecified atom stereocenters. The molecule has 7 amide bonds. The van der Waals surface area contributed by atoms with Crippen molar-refractivity contribution in [1.29, 1.82) is 0 Å². The Bertz CT molecular complexity index is 872. The fraction of sp³-hybridized carbons (Fsp3) is 0.591. The lowest BCUT2D eigenvalue weighted by Crippen LogP contribution is -2.54. The summed E-state index contributed by atoms with van der Waals surface area (Å²) in [4.78, 5) is 83.2. The van der Waals surface area contributed by atoms with Gasteiger partial charge < -0.3 is 31.7 Å². The smallest absolute Gasteiger partial charge is 0.253 e. The van der Waals surface area contributed by atoms with Crippen LogP contribution in [0.3, 0.4) is 0 Å². The Balaban J connectivity index is 2.26. The summed E-state index contributed by atoms with van der Waals surface area (Å²) in [6.07, 6.45) is 4.28. The lowest BCUT2D eigenvalue weighted by atomic mass is 10.1. The number of carbonyl (C=O) groups is 7. The van der Waals surface area contributed by atoms with E-state index in [-0.39, 0.29) is 44.0 Å². The van der Waals surface area contributed by atoms with Gasteiger partial charge in [-0.15, -0.1) is 0 Å². The first-order chi connectivity index (χ1) is 16.9. The number of nitrogens with zero attached hydrogens (tertiary/aromatic N) is 1. The third kappa shape index (κ3) is 11.1. The third-order valence-electron chi connectivity index (χ3n) is 5.05. The van der Waals surface area contributed by atoms with Crippen LogP contribution in [0.2, 0.25) is 0 Å². The fourth-order valence-electron chi connectivity index (χ4n) is 3.00. The van der Waals surface area contributed by atoms with Gasteiger partial charge in [-0.05, 0) is 33.6 Å². The zero-order chi connectivity index (χ0) is 27.3. The molecule has 1 aliphatic rings. The molecule has 0 aromatic rings. The van der Waals surface area contributed by atoms with E-state index in [1.165, 1.54) is 32.9 Å². The van der Waals surface area contributed by atoms with Gasteiger partial charge in [0.05, 0.1) is 0 Å². The number of amides is 7. The van der Waals surface area contributed by atoms with E-state index in [1.807, 2.05) is 0 Å². The molecular weight excluding hydrogens is 476 g/mol. The van der Waals surface area contributed by atoms with Crippen LogP contribution in [0.15, 0.2) is 12.2 Å². The van der Waals surface area contributed by atoms with Crippen molar-refractivity contribution in [1.82, 2.24) is 26.2 Å². The lowest BCUT2D eigenvalue weighted by molar-refractivity contribution is -0.137. The van der Waals surface area contributed by atoms with E-state index in [9.17, 15) is 33.6 Å². The molecule has 14 heteroatoms. The summed E-state index contributed by atoms with van der Waals surface area (Å²) < 4.78 is 4.80. The molecule has 0 saturated heterocycles. The van der Waals surface area contributed by atoms with Crippen molar-refractivity contribution >= 4 is 41.4 Å². The Kier molecular flexibility index (Phi) is 12.8.